The fourth-order valence-corrected chi connectivity index (χ4v) is 1.80. The van der Waals surface area contributed by atoms with E-state index in [0.717, 1.165) is 5.56 Å². The van der Waals surface area contributed by atoms with Gasteiger partial charge in [-0.25, -0.2) is 14.2 Å². The fourth-order valence-electron chi connectivity index (χ4n) is 1.61. The lowest BCUT2D eigenvalue weighted by Gasteiger charge is -2.05. The third-order valence-corrected chi connectivity index (χ3v) is 2.70. The van der Waals surface area contributed by atoms with E-state index in [-0.39, 0.29) is 12.3 Å². The average Bonchev–Trinajstić information content (AvgIpc) is 2.38. The van der Waals surface area contributed by atoms with Crippen molar-refractivity contribution in [3.8, 4) is 11.1 Å². The number of aromatic nitrogens is 1. The van der Waals surface area contributed by atoms with Gasteiger partial charge >= 0.3 is 5.97 Å². The molecule has 0 amide bonds. The molecule has 2 aromatic rings. The van der Waals surface area contributed by atoms with Crippen LogP contribution < -0.4 is 0 Å². The Hall–Kier alpha value is -1.94. The lowest BCUT2D eigenvalue weighted by Crippen LogP contribution is -2.09. The van der Waals surface area contributed by atoms with Crippen molar-refractivity contribution in [1.29, 1.82) is 0 Å². The second-order valence-corrected chi connectivity index (χ2v) is 4.22. The van der Waals surface area contributed by atoms with Crippen molar-refractivity contribution in [2.45, 2.75) is 6.92 Å². The Morgan fingerprint density at radius 2 is 2.16 bits per heavy atom. The Labute approximate surface area is 115 Å². The number of carbonyl (C=O) groups excluding carboxylic acids is 1. The number of rotatable bonds is 3. The van der Waals surface area contributed by atoms with Gasteiger partial charge in [0.2, 0.25) is 0 Å². The molecule has 0 atom stereocenters. The highest BCUT2D eigenvalue weighted by atomic mass is 35.5. The number of esters is 1. The summed E-state index contributed by atoms with van der Waals surface area (Å²) in [5.74, 6) is -1.48. The third-order valence-electron chi connectivity index (χ3n) is 2.47. The van der Waals surface area contributed by atoms with Gasteiger partial charge in [0.25, 0.3) is 0 Å². The molecule has 1 heterocycles. The highest BCUT2D eigenvalue weighted by molar-refractivity contribution is 6.30. The van der Waals surface area contributed by atoms with E-state index in [0.29, 0.717) is 10.6 Å². The number of pyridine rings is 1. The Morgan fingerprint density at radius 3 is 2.79 bits per heavy atom. The van der Waals surface area contributed by atoms with Gasteiger partial charge in [-0.15, -0.1) is 0 Å². The molecular weight excluding hydrogens is 269 g/mol. The SMILES string of the molecule is CCOC(=O)c1ncc(-c2cccc(Cl)c2)cc1F. The number of carbonyl (C=O) groups is 1. The van der Waals surface area contributed by atoms with Gasteiger partial charge in [-0.1, -0.05) is 23.7 Å². The molecule has 0 radical (unpaired) electrons. The van der Waals surface area contributed by atoms with Crippen LogP contribution in [0.25, 0.3) is 11.1 Å². The lowest BCUT2D eigenvalue weighted by atomic mass is 10.1. The maximum absolute atomic E-state index is 13.8. The van der Waals surface area contributed by atoms with Crippen LogP contribution in [0.2, 0.25) is 5.02 Å². The largest absolute Gasteiger partial charge is 0.461 e. The topological polar surface area (TPSA) is 39.2 Å². The molecule has 0 saturated carbocycles. The summed E-state index contributed by atoms with van der Waals surface area (Å²) in [7, 11) is 0. The molecule has 0 aliphatic rings. The standard InChI is InChI=1S/C14H11ClFNO2/c1-2-19-14(18)13-12(16)7-10(8-17-13)9-4-3-5-11(15)6-9/h3-8H,2H2,1H3. The summed E-state index contributed by atoms with van der Waals surface area (Å²) in [6.07, 6.45) is 1.42. The lowest BCUT2D eigenvalue weighted by molar-refractivity contribution is 0.0513. The van der Waals surface area contributed by atoms with Crippen LogP contribution in [0.4, 0.5) is 4.39 Å². The molecule has 3 nitrogen and oxygen atoms in total. The maximum Gasteiger partial charge on any atom is 0.359 e. The first kappa shape index (κ1) is 13.5. The fraction of sp³-hybridized carbons (Fsp3) is 0.143. The molecule has 0 spiro atoms. The molecule has 0 fully saturated rings. The molecule has 0 saturated heterocycles. The molecule has 5 heteroatoms. The molecule has 0 bridgehead atoms. The molecule has 2 rings (SSSR count). The van der Waals surface area contributed by atoms with Gasteiger partial charge in [0.15, 0.2) is 11.5 Å². The molecule has 0 N–H and O–H groups in total. The van der Waals surface area contributed by atoms with Crippen LogP contribution in [0.5, 0.6) is 0 Å². The van der Waals surface area contributed by atoms with Crippen LogP contribution in [0.3, 0.4) is 0 Å². The van der Waals surface area contributed by atoms with Crippen molar-refractivity contribution in [2.75, 3.05) is 6.61 Å². The maximum atomic E-state index is 13.8. The summed E-state index contributed by atoms with van der Waals surface area (Å²) >= 11 is 5.87. The Morgan fingerprint density at radius 1 is 1.37 bits per heavy atom. The molecule has 0 aliphatic heterocycles. The number of hydrogen-bond donors (Lipinski definition) is 0. The molecular formula is C14H11ClFNO2. The van der Waals surface area contributed by atoms with E-state index >= 15 is 0 Å². The van der Waals surface area contributed by atoms with E-state index in [4.69, 9.17) is 16.3 Å². The van der Waals surface area contributed by atoms with Gasteiger partial charge in [-0.05, 0) is 30.7 Å². The summed E-state index contributed by atoms with van der Waals surface area (Å²) in [5.41, 5.74) is 0.968. The van der Waals surface area contributed by atoms with Gasteiger partial charge < -0.3 is 4.74 Å². The first-order chi connectivity index (χ1) is 9.11. The van der Waals surface area contributed by atoms with Crippen LogP contribution in [0.15, 0.2) is 36.5 Å². The zero-order chi connectivity index (χ0) is 13.8. The Kier molecular flexibility index (Phi) is 4.12. The van der Waals surface area contributed by atoms with Crippen molar-refractivity contribution < 1.29 is 13.9 Å². The third kappa shape index (κ3) is 3.09. The average molecular weight is 280 g/mol. The minimum Gasteiger partial charge on any atom is -0.461 e. The van der Waals surface area contributed by atoms with Gasteiger partial charge in [-0.3, -0.25) is 0 Å². The molecule has 1 aromatic heterocycles. The number of benzene rings is 1. The van der Waals surface area contributed by atoms with Crippen molar-refractivity contribution in [2.24, 2.45) is 0 Å². The normalized spacial score (nSPS) is 10.3. The number of ether oxygens (including phenoxy) is 1. The molecule has 0 aliphatic carbocycles. The summed E-state index contributed by atoms with van der Waals surface area (Å²) < 4.78 is 18.5. The summed E-state index contributed by atoms with van der Waals surface area (Å²) in [4.78, 5) is 15.2. The number of nitrogens with zero attached hydrogens (tertiary/aromatic N) is 1. The molecule has 0 unspecified atom stereocenters. The van der Waals surface area contributed by atoms with Crippen LogP contribution in [0, 0.1) is 5.82 Å². The quantitative estimate of drug-likeness (QED) is 0.804. The van der Waals surface area contributed by atoms with E-state index in [1.54, 1.807) is 31.2 Å². The molecule has 19 heavy (non-hydrogen) atoms. The highest BCUT2D eigenvalue weighted by Crippen LogP contribution is 2.23. The van der Waals surface area contributed by atoms with Crippen LogP contribution in [0.1, 0.15) is 17.4 Å². The van der Waals surface area contributed by atoms with Crippen LogP contribution in [-0.4, -0.2) is 17.6 Å². The van der Waals surface area contributed by atoms with Crippen molar-refractivity contribution in [1.82, 2.24) is 4.98 Å². The summed E-state index contributed by atoms with van der Waals surface area (Å²) in [6.45, 7) is 1.83. The van der Waals surface area contributed by atoms with E-state index in [1.165, 1.54) is 12.3 Å². The highest BCUT2D eigenvalue weighted by Gasteiger charge is 2.15. The Bertz CT molecular complexity index is 616. The second kappa shape index (κ2) is 5.80. The Balaban J connectivity index is 2.36. The zero-order valence-electron chi connectivity index (χ0n) is 10.2. The first-order valence-electron chi connectivity index (χ1n) is 5.70. The van der Waals surface area contributed by atoms with Crippen molar-refractivity contribution in [3.05, 3.63) is 53.1 Å². The van der Waals surface area contributed by atoms with Gasteiger partial charge in [0.05, 0.1) is 6.61 Å². The number of halogens is 2. The van der Waals surface area contributed by atoms with Crippen molar-refractivity contribution in [3.63, 3.8) is 0 Å². The first-order valence-corrected chi connectivity index (χ1v) is 6.08. The van der Waals surface area contributed by atoms with E-state index < -0.39 is 11.8 Å². The van der Waals surface area contributed by atoms with Crippen molar-refractivity contribution >= 4 is 17.6 Å². The van der Waals surface area contributed by atoms with Crippen LogP contribution in [-0.2, 0) is 4.74 Å². The zero-order valence-corrected chi connectivity index (χ0v) is 10.9. The van der Waals surface area contributed by atoms with Crippen LogP contribution >= 0.6 is 11.6 Å². The smallest absolute Gasteiger partial charge is 0.359 e. The summed E-state index contributed by atoms with van der Waals surface area (Å²) in [5, 5.41) is 0.548. The molecule has 98 valence electrons. The van der Waals surface area contributed by atoms with Gasteiger partial charge in [-0.2, -0.15) is 0 Å². The van der Waals surface area contributed by atoms with Gasteiger partial charge in [0.1, 0.15) is 0 Å². The molecule has 1 aromatic carbocycles. The van der Waals surface area contributed by atoms with E-state index in [1.807, 2.05) is 0 Å². The predicted molar refractivity (Wildman–Crippen MR) is 70.6 cm³/mol. The minimum atomic E-state index is -0.766. The van der Waals surface area contributed by atoms with Gasteiger partial charge in [0, 0.05) is 16.8 Å². The van der Waals surface area contributed by atoms with E-state index in [9.17, 15) is 9.18 Å². The van der Waals surface area contributed by atoms with E-state index in [2.05, 4.69) is 4.98 Å². The second-order valence-electron chi connectivity index (χ2n) is 3.79. The predicted octanol–water partition coefficient (Wildman–Crippen LogP) is 3.72. The summed E-state index contributed by atoms with van der Waals surface area (Å²) in [6, 6.07) is 8.20. The number of hydrogen-bond acceptors (Lipinski definition) is 3. The monoisotopic (exact) mass is 279 g/mol. The minimum absolute atomic E-state index is 0.177.